The fourth-order valence-electron chi connectivity index (χ4n) is 6.04. The molecule has 0 saturated heterocycles. The number of nitrogens with zero attached hydrogens (tertiary/aromatic N) is 3. The summed E-state index contributed by atoms with van der Waals surface area (Å²) in [5.74, 6) is 0.535. The Hall–Kier alpha value is -4.70. The van der Waals surface area contributed by atoms with E-state index in [1.165, 1.54) is 6.20 Å². The Bertz CT molecular complexity index is 2300. The molecule has 0 amide bonds. The Morgan fingerprint density at radius 3 is 2.24 bits per heavy atom. The first-order valence-corrected chi connectivity index (χ1v) is 14.3. The van der Waals surface area contributed by atoms with Gasteiger partial charge in [0.1, 0.15) is 17.0 Å². The predicted molar refractivity (Wildman–Crippen MR) is 175 cm³/mol. The Morgan fingerprint density at radius 2 is 1.52 bits per heavy atom. The van der Waals surface area contributed by atoms with Crippen molar-refractivity contribution in [2.24, 2.45) is 0 Å². The molecule has 7 rings (SSSR count). The number of aryl methyl sites for hydroxylation is 2. The Kier molecular flexibility index (Phi) is 4.81. The van der Waals surface area contributed by atoms with Gasteiger partial charge in [-0.15, -0.1) is 0 Å². The van der Waals surface area contributed by atoms with Crippen LogP contribution in [0.3, 0.4) is 0 Å². The van der Waals surface area contributed by atoms with Gasteiger partial charge in [-0.3, -0.25) is 9.55 Å². The Balaban J connectivity index is 1.68. The van der Waals surface area contributed by atoms with Crippen molar-refractivity contribution in [1.82, 2.24) is 14.5 Å². The molecule has 7 aromatic rings. The van der Waals surface area contributed by atoms with Crippen LogP contribution in [0.2, 0.25) is 0 Å². The van der Waals surface area contributed by atoms with E-state index in [1.54, 1.807) is 18.2 Å². The number of imidazole rings is 1. The van der Waals surface area contributed by atoms with Crippen molar-refractivity contribution in [2.75, 3.05) is 0 Å². The second-order valence-electron chi connectivity index (χ2n) is 11.4. The molecule has 0 aliphatic rings. The second kappa shape index (κ2) is 9.99. The van der Waals surface area contributed by atoms with Gasteiger partial charge in [0.2, 0.25) is 0 Å². The third-order valence-corrected chi connectivity index (χ3v) is 8.08. The second-order valence-corrected chi connectivity index (χ2v) is 11.4. The largest absolute Gasteiger partial charge is 0.455 e. The van der Waals surface area contributed by atoms with Crippen LogP contribution in [0.4, 0.5) is 0 Å². The first-order valence-electron chi connectivity index (χ1n) is 17.3. The highest BCUT2D eigenvalue weighted by Crippen LogP contribution is 2.43. The molecule has 0 fully saturated rings. The number of fused-ring (bicyclic) bond motifs is 4. The lowest BCUT2D eigenvalue weighted by Crippen LogP contribution is -2.10. The van der Waals surface area contributed by atoms with E-state index < -0.39 is 13.7 Å². The molecule has 4 heteroatoms. The highest BCUT2D eigenvalue weighted by molar-refractivity contribution is 6.11. The zero-order chi connectivity index (χ0) is 34.1. The molecule has 0 N–H and O–H groups in total. The van der Waals surface area contributed by atoms with Gasteiger partial charge in [-0.05, 0) is 83.7 Å². The molecule has 0 bridgehead atoms. The normalized spacial score (nSPS) is 14.7. The molecule has 4 aromatic carbocycles. The molecule has 3 aromatic heterocycles. The monoisotopic (exact) mass is 555 g/mol. The number of hydrogen-bond acceptors (Lipinski definition) is 3. The van der Waals surface area contributed by atoms with Gasteiger partial charge >= 0.3 is 0 Å². The quantitative estimate of drug-likeness (QED) is 0.212. The molecule has 0 spiro atoms. The molecular formula is C38H35N3O. The third-order valence-electron chi connectivity index (χ3n) is 8.08. The predicted octanol–water partition coefficient (Wildman–Crippen LogP) is 10.5. The van der Waals surface area contributed by atoms with Gasteiger partial charge < -0.3 is 4.42 Å². The molecule has 3 heterocycles. The highest BCUT2D eigenvalue weighted by atomic mass is 16.3. The Morgan fingerprint density at radius 1 is 0.786 bits per heavy atom. The average molecular weight is 556 g/mol. The van der Waals surface area contributed by atoms with Gasteiger partial charge in [0, 0.05) is 25.2 Å². The molecule has 0 atom stereocenters. The van der Waals surface area contributed by atoms with E-state index in [1.807, 2.05) is 47.0 Å². The number of benzene rings is 4. The molecule has 0 aliphatic heterocycles. The topological polar surface area (TPSA) is 43.9 Å². The van der Waals surface area contributed by atoms with Crippen LogP contribution < -0.4 is 0 Å². The summed E-state index contributed by atoms with van der Waals surface area (Å²) in [6.45, 7) is 3.58. The molecule has 42 heavy (non-hydrogen) atoms. The van der Waals surface area contributed by atoms with Crippen molar-refractivity contribution in [2.45, 2.75) is 53.2 Å². The molecular weight excluding hydrogens is 514 g/mol. The maximum atomic E-state index is 8.50. The van der Waals surface area contributed by atoms with Gasteiger partial charge in [-0.1, -0.05) is 82.3 Å². The number of hydrogen-bond donors (Lipinski definition) is 0. The van der Waals surface area contributed by atoms with Crippen molar-refractivity contribution in [3.05, 3.63) is 114 Å². The van der Waals surface area contributed by atoms with Crippen LogP contribution in [0.25, 0.3) is 61.2 Å². The third kappa shape index (κ3) is 4.05. The minimum atomic E-state index is -2.53. The van der Waals surface area contributed by atoms with E-state index in [9.17, 15) is 0 Å². The van der Waals surface area contributed by atoms with Crippen molar-refractivity contribution < 1.29 is 12.6 Å². The van der Waals surface area contributed by atoms with Gasteiger partial charge in [0.25, 0.3) is 0 Å². The standard InChI is InChI=1S/C38H35N3O/c1-22(2)30-20-27(26-12-8-7-9-13-26)21-31(23(3)4)36(30)41-35-25(6)39-19-18-32(35)40-38(41)29-17-16-24(5)34-28-14-10-11-15-33(28)42-37(29)34/h7-23H,1-6H3/i5D3,6D3. The summed E-state index contributed by atoms with van der Waals surface area (Å²) in [6, 6.07) is 27.0. The van der Waals surface area contributed by atoms with E-state index in [4.69, 9.17) is 17.6 Å². The first-order chi connectivity index (χ1) is 22.8. The van der Waals surface area contributed by atoms with Crippen LogP contribution in [-0.4, -0.2) is 14.5 Å². The maximum Gasteiger partial charge on any atom is 0.149 e. The van der Waals surface area contributed by atoms with E-state index in [-0.39, 0.29) is 23.1 Å². The smallest absolute Gasteiger partial charge is 0.149 e. The summed E-state index contributed by atoms with van der Waals surface area (Å²) in [5, 5.41) is 1.18. The van der Waals surface area contributed by atoms with Crippen molar-refractivity contribution in [1.29, 1.82) is 0 Å². The molecule has 0 radical (unpaired) electrons. The van der Waals surface area contributed by atoms with Crippen molar-refractivity contribution in [3.63, 3.8) is 0 Å². The minimum absolute atomic E-state index is 0.0449. The van der Waals surface area contributed by atoms with Crippen LogP contribution in [-0.2, 0) is 0 Å². The van der Waals surface area contributed by atoms with Crippen LogP contribution in [0.5, 0.6) is 0 Å². The lowest BCUT2D eigenvalue weighted by Gasteiger charge is -2.24. The SMILES string of the molecule is [2H]C([2H])([2H])c1ccc(-c2nc3ccnc(C([2H])([2H])[2H])c3n2-c2c(C(C)C)cc(-c3ccccc3)cc2C(C)C)c2oc3ccccc3c12. The van der Waals surface area contributed by atoms with Gasteiger partial charge in [0.15, 0.2) is 0 Å². The van der Waals surface area contributed by atoms with Gasteiger partial charge in [-0.25, -0.2) is 4.98 Å². The number of aromatic nitrogens is 3. The average Bonchev–Trinajstić information content (AvgIpc) is 3.62. The number of rotatable bonds is 5. The zero-order valence-electron chi connectivity index (χ0n) is 30.1. The number of furan rings is 1. The molecule has 0 unspecified atom stereocenters. The van der Waals surface area contributed by atoms with E-state index in [0.29, 0.717) is 44.4 Å². The molecule has 4 nitrogen and oxygen atoms in total. The number of para-hydroxylation sites is 1. The molecule has 0 aliphatic carbocycles. The maximum absolute atomic E-state index is 8.50. The highest BCUT2D eigenvalue weighted by Gasteiger charge is 2.26. The molecule has 208 valence electrons. The Labute approximate surface area is 255 Å². The lowest BCUT2D eigenvalue weighted by molar-refractivity contribution is 0.669. The van der Waals surface area contributed by atoms with E-state index in [0.717, 1.165) is 27.9 Å². The summed E-state index contributed by atoms with van der Waals surface area (Å²) < 4.78 is 58.9. The van der Waals surface area contributed by atoms with Crippen LogP contribution >= 0.6 is 0 Å². The summed E-state index contributed by atoms with van der Waals surface area (Å²) in [7, 11) is 0. The number of pyridine rings is 1. The zero-order valence-corrected chi connectivity index (χ0v) is 24.1. The summed E-state index contributed by atoms with van der Waals surface area (Å²) in [5.41, 5.74) is 7.46. The van der Waals surface area contributed by atoms with Gasteiger partial charge in [-0.2, -0.15) is 0 Å². The van der Waals surface area contributed by atoms with Crippen LogP contribution in [0.15, 0.2) is 95.5 Å². The summed E-state index contributed by atoms with van der Waals surface area (Å²) >= 11 is 0. The van der Waals surface area contributed by atoms with E-state index >= 15 is 0 Å². The van der Waals surface area contributed by atoms with Crippen LogP contribution in [0.1, 0.15) is 70.1 Å². The van der Waals surface area contributed by atoms with Crippen LogP contribution in [0, 0.1) is 13.7 Å². The molecule has 0 saturated carbocycles. The van der Waals surface area contributed by atoms with Gasteiger partial charge in [0.05, 0.1) is 28.0 Å². The lowest BCUT2D eigenvalue weighted by atomic mass is 9.88. The minimum Gasteiger partial charge on any atom is -0.455 e. The summed E-state index contributed by atoms with van der Waals surface area (Å²) in [4.78, 5) is 9.51. The summed E-state index contributed by atoms with van der Waals surface area (Å²) in [6.07, 6.45) is 1.48. The first kappa shape index (κ1) is 20.2. The fourth-order valence-corrected chi connectivity index (χ4v) is 6.04. The van der Waals surface area contributed by atoms with Crippen molar-refractivity contribution in [3.8, 4) is 28.2 Å². The fraction of sp³-hybridized carbons (Fsp3) is 0.211. The van der Waals surface area contributed by atoms with Crippen molar-refractivity contribution >= 4 is 33.0 Å². The van der Waals surface area contributed by atoms with E-state index in [2.05, 4.69) is 56.9 Å².